The Hall–Kier alpha value is -1.10. The lowest BCUT2D eigenvalue weighted by atomic mass is 9.99. The van der Waals surface area contributed by atoms with E-state index in [1.54, 1.807) is 12.1 Å². The summed E-state index contributed by atoms with van der Waals surface area (Å²) < 4.78 is 0. The molecule has 2 rings (SSSR count). The first-order valence-corrected chi connectivity index (χ1v) is 6.41. The normalized spacial score (nSPS) is 24.1. The molecule has 1 aromatic carbocycles. The summed E-state index contributed by atoms with van der Waals surface area (Å²) in [6.45, 7) is 2.95. The first kappa shape index (κ1) is 13.3. The van der Waals surface area contributed by atoms with E-state index in [1.165, 1.54) is 0 Å². The highest BCUT2D eigenvalue weighted by molar-refractivity contribution is 5.26. The molecule has 1 aliphatic heterocycles. The van der Waals surface area contributed by atoms with Gasteiger partial charge in [-0.2, -0.15) is 0 Å². The second-order valence-corrected chi connectivity index (χ2v) is 5.25. The molecule has 1 aliphatic rings. The number of aliphatic hydroxyl groups is 1. The molecule has 4 nitrogen and oxygen atoms in total. The third-order valence-electron chi connectivity index (χ3n) is 3.72. The Labute approximate surface area is 108 Å². The van der Waals surface area contributed by atoms with E-state index < -0.39 is 0 Å². The molecule has 0 spiro atoms. The number of likely N-dealkylation sites (N-methyl/N-ethyl adjacent to an activating group) is 2. The molecule has 1 aromatic rings. The average Bonchev–Trinajstić information content (AvgIpc) is 2.35. The maximum atomic E-state index is 10.4. The maximum absolute atomic E-state index is 10.4. The summed E-state index contributed by atoms with van der Waals surface area (Å²) in [5.41, 5.74) is 1.06. The fourth-order valence-corrected chi connectivity index (χ4v) is 2.47. The fraction of sp³-hybridized carbons (Fsp3) is 0.571. The van der Waals surface area contributed by atoms with Gasteiger partial charge in [0.1, 0.15) is 5.75 Å². The number of piperazine rings is 1. The van der Waals surface area contributed by atoms with Crippen LogP contribution < -0.4 is 0 Å². The molecule has 0 amide bonds. The molecule has 0 radical (unpaired) electrons. The van der Waals surface area contributed by atoms with Crippen molar-refractivity contribution in [1.82, 2.24) is 9.80 Å². The van der Waals surface area contributed by atoms with Crippen LogP contribution in [0.1, 0.15) is 5.56 Å². The van der Waals surface area contributed by atoms with Gasteiger partial charge in [0.25, 0.3) is 0 Å². The summed E-state index contributed by atoms with van der Waals surface area (Å²) in [5.74, 6) is 0.266. The Morgan fingerprint density at radius 3 is 2.56 bits per heavy atom. The molecular formula is C14H22N2O2. The molecule has 0 aromatic heterocycles. The quantitative estimate of drug-likeness (QED) is 0.822. The van der Waals surface area contributed by atoms with Crippen molar-refractivity contribution < 1.29 is 10.2 Å². The lowest BCUT2D eigenvalue weighted by Gasteiger charge is -2.40. The highest BCUT2D eigenvalue weighted by atomic mass is 16.3. The van der Waals surface area contributed by atoms with Crippen molar-refractivity contribution in [1.29, 1.82) is 0 Å². The number of hydrogen-bond acceptors (Lipinski definition) is 4. The first-order chi connectivity index (χ1) is 8.56. The van der Waals surface area contributed by atoms with Gasteiger partial charge >= 0.3 is 0 Å². The van der Waals surface area contributed by atoms with E-state index in [2.05, 4.69) is 23.9 Å². The van der Waals surface area contributed by atoms with Crippen molar-refractivity contribution >= 4 is 0 Å². The third-order valence-corrected chi connectivity index (χ3v) is 3.72. The molecule has 0 bridgehead atoms. The summed E-state index contributed by atoms with van der Waals surface area (Å²) in [6, 6.07) is 7.24. The predicted molar refractivity (Wildman–Crippen MR) is 71.7 cm³/mol. The number of hydrogen-bond donors (Lipinski definition) is 2. The van der Waals surface area contributed by atoms with Crippen LogP contribution in [0.25, 0.3) is 0 Å². The monoisotopic (exact) mass is 250 g/mol. The number of aromatic hydroxyl groups is 1. The van der Waals surface area contributed by atoms with E-state index in [9.17, 15) is 10.2 Å². The average molecular weight is 250 g/mol. The van der Waals surface area contributed by atoms with Gasteiger partial charge in [0.2, 0.25) is 0 Å². The molecule has 0 saturated carbocycles. The second-order valence-electron chi connectivity index (χ2n) is 5.25. The van der Waals surface area contributed by atoms with E-state index in [-0.39, 0.29) is 17.9 Å². The minimum absolute atomic E-state index is 0.178. The van der Waals surface area contributed by atoms with Crippen LogP contribution in [0.3, 0.4) is 0 Å². The largest absolute Gasteiger partial charge is 0.508 e. The van der Waals surface area contributed by atoms with Crippen LogP contribution in [0.2, 0.25) is 0 Å². The van der Waals surface area contributed by atoms with Gasteiger partial charge in [0.05, 0.1) is 6.10 Å². The SMILES string of the molecule is CN1CCN(C)C(C(O)Cc2ccc(O)cc2)C1. The smallest absolute Gasteiger partial charge is 0.115 e. The van der Waals surface area contributed by atoms with Gasteiger partial charge in [-0.25, -0.2) is 0 Å². The van der Waals surface area contributed by atoms with Gasteiger partial charge in [0.15, 0.2) is 0 Å². The second kappa shape index (κ2) is 5.69. The number of phenolic OH excluding ortho intramolecular Hbond substituents is 1. The van der Waals surface area contributed by atoms with E-state index in [4.69, 9.17) is 0 Å². The molecular weight excluding hydrogens is 228 g/mol. The lowest BCUT2D eigenvalue weighted by molar-refractivity contribution is 0.0153. The van der Waals surface area contributed by atoms with Crippen LogP contribution in [0, 0.1) is 0 Å². The Morgan fingerprint density at radius 2 is 1.89 bits per heavy atom. The van der Waals surface area contributed by atoms with Gasteiger partial charge in [0, 0.05) is 25.7 Å². The molecule has 2 N–H and O–H groups in total. The standard InChI is InChI=1S/C14H22N2O2/c1-15-7-8-16(2)13(10-15)14(18)9-11-3-5-12(17)6-4-11/h3-6,13-14,17-18H,7-10H2,1-2H3. The molecule has 1 heterocycles. The first-order valence-electron chi connectivity index (χ1n) is 6.41. The fourth-order valence-electron chi connectivity index (χ4n) is 2.47. The molecule has 2 unspecified atom stereocenters. The Morgan fingerprint density at radius 1 is 1.22 bits per heavy atom. The highest BCUT2D eigenvalue weighted by Gasteiger charge is 2.28. The van der Waals surface area contributed by atoms with Crippen molar-refractivity contribution in [3.63, 3.8) is 0 Å². The topological polar surface area (TPSA) is 46.9 Å². The van der Waals surface area contributed by atoms with Crippen molar-refractivity contribution in [3.8, 4) is 5.75 Å². The summed E-state index contributed by atoms with van der Waals surface area (Å²) in [7, 11) is 4.16. The Bertz CT molecular complexity index is 380. The molecule has 1 saturated heterocycles. The van der Waals surface area contributed by atoms with Crippen LogP contribution in [0.4, 0.5) is 0 Å². The number of rotatable bonds is 3. The van der Waals surface area contributed by atoms with Gasteiger partial charge in [-0.1, -0.05) is 12.1 Å². The highest BCUT2D eigenvalue weighted by Crippen LogP contribution is 2.16. The van der Waals surface area contributed by atoms with Crippen molar-refractivity contribution in [2.75, 3.05) is 33.7 Å². The molecule has 2 atom stereocenters. The number of nitrogens with zero attached hydrogens (tertiary/aromatic N) is 2. The summed E-state index contributed by atoms with van der Waals surface area (Å²) in [6.07, 6.45) is 0.255. The molecule has 18 heavy (non-hydrogen) atoms. The minimum atomic E-state index is -0.373. The minimum Gasteiger partial charge on any atom is -0.508 e. The van der Waals surface area contributed by atoms with E-state index in [0.717, 1.165) is 25.2 Å². The van der Waals surface area contributed by atoms with E-state index >= 15 is 0 Å². The Balaban J connectivity index is 1.98. The molecule has 1 fully saturated rings. The van der Waals surface area contributed by atoms with Crippen LogP contribution in [0.5, 0.6) is 5.75 Å². The van der Waals surface area contributed by atoms with Crippen LogP contribution >= 0.6 is 0 Å². The van der Waals surface area contributed by atoms with Crippen molar-refractivity contribution in [3.05, 3.63) is 29.8 Å². The van der Waals surface area contributed by atoms with Crippen molar-refractivity contribution in [2.24, 2.45) is 0 Å². The van der Waals surface area contributed by atoms with E-state index in [1.807, 2.05) is 12.1 Å². The van der Waals surface area contributed by atoms with Gasteiger partial charge in [-0.05, 0) is 38.2 Å². The molecule has 100 valence electrons. The number of aliphatic hydroxyl groups excluding tert-OH is 1. The van der Waals surface area contributed by atoms with Gasteiger partial charge in [-0.3, -0.25) is 4.90 Å². The summed E-state index contributed by atoms with van der Waals surface area (Å²) in [5, 5.41) is 19.6. The van der Waals surface area contributed by atoms with Crippen LogP contribution in [-0.2, 0) is 6.42 Å². The summed E-state index contributed by atoms with van der Waals surface area (Å²) in [4.78, 5) is 4.48. The Kier molecular flexibility index (Phi) is 4.22. The van der Waals surface area contributed by atoms with Crippen molar-refractivity contribution in [2.45, 2.75) is 18.6 Å². The lowest BCUT2D eigenvalue weighted by Crippen LogP contribution is -2.55. The zero-order valence-corrected chi connectivity index (χ0v) is 11.1. The van der Waals surface area contributed by atoms with Gasteiger partial charge in [-0.15, -0.1) is 0 Å². The van der Waals surface area contributed by atoms with Crippen LogP contribution in [0.15, 0.2) is 24.3 Å². The maximum Gasteiger partial charge on any atom is 0.115 e. The number of phenols is 1. The predicted octanol–water partition coefficient (Wildman–Crippen LogP) is 0.541. The zero-order valence-electron chi connectivity index (χ0n) is 11.1. The summed E-state index contributed by atoms with van der Waals surface area (Å²) >= 11 is 0. The molecule has 0 aliphatic carbocycles. The zero-order chi connectivity index (χ0) is 13.1. The van der Waals surface area contributed by atoms with E-state index in [0.29, 0.717) is 6.42 Å². The van der Waals surface area contributed by atoms with Crippen LogP contribution in [-0.4, -0.2) is 65.9 Å². The molecule has 4 heteroatoms. The number of benzene rings is 1. The van der Waals surface area contributed by atoms with Gasteiger partial charge < -0.3 is 15.1 Å². The third kappa shape index (κ3) is 3.22.